The third-order valence-corrected chi connectivity index (χ3v) is 1.92. The Morgan fingerprint density at radius 1 is 1.40 bits per heavy atom. The Morgan fingerprint density at radius 3 is 2.60 bits per heavy atom. The van der Waals surface area contributed by atoms with Crippen molar-refractivity contribution in [2.24, 2.45) is 0 Å². The zero-order chi connectivity index (χ0) is 11.4. The van der Waals surface area contributed by atoms with Crippen molar-refractivity contribution in [3.8, 4) is 5.75 Å². The maximum Gasteiger partial charge on any atom is 0.414 e. The molecule has 0 aliphatic carbocycles. The van der Waals surface area contributed by atoms with Crippen molar-refractivity contribution < 1.29 is 14.3 Å². The van der Waals surface area contributed by atoms with E-state index in [0.717, 1.165) is 5.56 Å². The number of ether oxygens (including phenoxy) is 1. The molecule has 0 fully saturated rings. The smallest absolute Gasteiger partial charge is 0.409 e. The Balaban J connectivity index is 3.02. The van der Waals surface area contributed by atoms with Crippen LogP contribution in [0.1, 0.15) is 15.9 Å². The van der Waals surface area contributed by atoms with Gasteiger partial charge in [-0.15, -0.1) is 0 Å². The Morgan fingerprint density at radius 2 is 2.07 bits per heavy atom. The first-order chi connectivity index (χ1) is 7.06. The van der Waals surface area contributed by atoms with Gasteiger partial charge in [-0.2, -0.15) is 0 Å². The van der Waals surface area contributed by atoms with Gasteiger partial charge >= 0.3 is 6.09 Å². The molecule has 0 atom stereocenters. The van der Waals surface area contributed by atoms with Crippen molar-refractivity contribution in [1.29, 1.82) is 0 Å². The summed E-state index contributed by atoms with van der Waals surface area (Å²) < 4.78 is 5.08. The molecule has 4 heteroatoms. The highest BCUT2D eigenvalue weighted by molar-refractivity contribution is 5.82. The summed E-state index contributed by atoms with van der Waals surface area (Å²) in [7, 11) is 3.17. The average molecular weight is 207 g/mol. The predicted molar refractivity (Wildman–Crippen MR) is 56.3 cm³/mol. The maximum atomic E-state index is 11.3. The van der Waals surface area contributed by atoms with Crippen LogP contribution in [-0.2, 0) is 0 Å². The maximum absolute atomic E-state index is 11.3. The van der Waals surface area contributed by atoms with Gasteiger partial charge in [0.05, 0.1) is 5.56 Å². The molecule has 1 aromatic carbocycles. The minimum absolute atomic E-state index is 0.325. The summed E-state index contributed by atoms with van der Waals surface area (Å²) >= 11 is 0. The fourth-order valence-corrected chi connectivity index (χ4v) is 1.09. The van der Waals surface area contributed by atoms with Gasteiger partial charge in [0.15, 0.2) is 6.29 Å². The third-order valence-electron chi connectivity index (χ3n) is 1.92. The van der Waals surface area contributed by atoms with Crippen molar-refractivity contribution in [3.63, 3.8) is 0 Å². The lowest BCUT2D eigenvalue weighted by Gasteiger charge is -2.13. The lowest BCUT2D eigenvalue weighted by atomic mass is 10.1. The molecule has 0 aliphatic heterocycles. The molecule has 0 radical (unpaired) electrons. The van der Waals surface area contributed by atoms with E-state index < -0.39 is 6.09 Å². The number of benzene rings is 1. The molecule has 0 saturated carbocycles. The van der Waals surface area contributed by atoms with Crippen LogP contribution in [0.15, 0.2) is 18.2 Å². The molecule has 4 nitrogen and oxygen atoms in total. The van der Waals surface area contributed by atoms with Crippen molar-refractivity contribution >= 4 is 12.4 Å². The van der Waals surface area contributed by atoms with Gasteiger partial charge in [-0.3, -0.25) is 4.79 Å². The van der Waals surface area contributed by atoms with Crippen LogP contribution in [0.4, 0.5) is 4.79 Å². The van der Waals surface area contributed by atoms with E-state index >= 15 is 0 Å². The van der Waals surface area contributed by atoms with Crippen LogP contribution in [0.5, 0.6) is 5.75 Å². The number of hydrogen-bond donors (Lipinski definition) is 0. The van der Waals surface area contributed by atoms with E-state index in [-0.39, 0.29) is 0 Å². The van der Waals surface area contributed by atoms with E-state index in [9.17, 15) is 9.59 Å². The Labute approximate surface area is 88.5 Å². The lowest BCUT2D eigenvalue weighted by Crippen LogP contribution is -2.26. The average Bonchev–Trinajstić information content (AvgIpc) is 2.20. The summed E-state index contributed by atoms with van der Waals surface area (Å²) in [5, 5.41) is 0. The third kappa shape index (κ3) is 2.56. The summed E-state index contributed by atoms with van der Waals surface area (Å²) in [6.07, 6.45) is 0.179. The largest absolute Gasteiger partial charge is 0.414 e. The molecule has 0 aliphatic rings. The predicted octanol–water partition coefficient (Wildman–Crippen LogP) is 1.87. The standard InChI is InChI=1S/C11H13NO3/c1-8-5-4-6-9(7-13)10(8)15-11(14)12(2)3/h4-7H,1-3H3. The van der Waals surface area contributed by atoms with Crippen molar-refractivity contribution in [2.45, 2.75) is 6.92 Å². The molecule has 15 heavy (non-hydrogen) atoms. The first kappa shape index (κ1) is 11.2. The van der Waals surface area contributed by atoms with Crippen molar-refractivity contribution in [2.75, 3.05) is 14.1 Å². The van der Waals surface area contributed by atoms with Gasteiger partial charge in [-0.1, -0.05) is 12.1 Å². The summed E-state index contributed by atoms with van der Waals surface area (Å²) in [5.41, 5.74) is 1.14. The minimum Gasteiger partial charge on any atom is -0.409 e. The highest BCUT2D eigenvalue weighted by Gasteiger charge is 2.12. The molecule has 0 aromatic heterocycles. The van der Waals surface area contributed by atoms with Gasteiger partial charge in [-0.05, 0) is 18.6 Å². The number of carbonyl (C=O) groups excluding carboxylic acids is 2. The number of para-hydroxylation sites is 1. The second-order valence-electron chi connectivity index (χ2n) is 3.37. The van der Waals surface area contributed by atoms with E-state index in [4.69, 9.17) is 4.74 Å². The van der Waals surface area contributed by atoms with Gasteiger partial charge < -0.3 is 9.64 Å². The Kier molecular flexibility index (Phi) is 3.44. The molecule has 1 rings (SSSR count). The number of rotatable bonds is 2. The van der Waals surface area contributed by atoms with E-state index in [0.29, 0.717) is 17.6 Å². The first-order valence-corrected chi connectivity index (χ1v) is 4.50. The first-order valence-electron chi connectivity index (χ1n) is 4.50. The highest BCUT2D eigenvalue weighted by atomic mass is 16.6. The van der Waals surface area contributed by atoms with Crippen LogP contribution >= 0.6 is 0 Å². The Hall–Kier alpha value is -1.84. The second kappa shape index (κ2) is 4.59. The molecule has 1 amide bonds. The summed E-state index contributed by atoms with van der Waals surface area (Å²) in [6, 6.07) is 5.13. The highest BCUT2D eigenvalue weighted by Crippen LogP contribution is 2.22. The molecule has 0 unspecified atom stereocenters. The molecule has 0 heterocycles. The zero-order valence-corrected chi connectivity index (χ0v) is 8.98. The fraction of sp³-hybridized carbons (Fsp3) is 0.273. The second-order valence-corrected chi connectivity index (χ2v) is 3.37. The molecular formula is C11H13NO3. The summed E-state index contributed by atoms with van der Waals surface area (Å²) in [6.45, 7) is 1.78. The topological polar surface area (TPSA) is 46.6 Å². The van der Waals surface area contributed by atoms with Gasteiger partial charge in [0.1, 0.15) is 5.75 Å². The Bertz CT molecular complexity index is 385. The number of carbonyl (C=O) groups is 2. The molecule has 0 saturated heterocycles. The van der Waals surface area contributed by atoms with Gasteiger partial charge in [0, 0.05) is 14.1 Å². The quantitative estimate of drug-likeness (QED) is 0.695. The summed E-state index contributed by atoms with van der Waals surface area (Å²) in [4.78, 5) is 23.4. The normalized spacial score (nSPS) is 9.53. The lowest BCUT2D eigenvalue weighted by molar-refractivity contribution is 0.112. The van der Waals surface area contributed by atoms with Crippen LogP contribution in [0.25, 0.3) is 0 Å². The van der Waals surface area contributed by atoms with E-state index in [1.807, 2.05) is 0 Å². The van der Waals surface area contributed by atoms with E-state index in [1.54, 1.807) is 39.2 Å². The van der Waals surface area contributed by atoms with Crippen LogP contribution in [0, 0.1) is 6.92 Å². The molecule has 1 aromatic rings. The molecule has 0 spiro atoms. The molecule has 0 bridgehead atoms. The van der Waals surface area contributed by atoms with Crippen LogP contribution in [-0.4, -0.2) is 31.4 Å². The van der Waals surface area contributed by atoms with Crippen LogP contribution < -0.4 is 4.74 Å². The number of aryl methyl sites for hydroxylation is 1. The van der Waals surface area contributed by atoms with Gasteiger partial charge in [-0.25, -0.2) is 4.79 Å². The fourth-order valence-electron chi connectivity index (χ4n) is 1.09. The molecule has 80 valence electrons. The SMILES string of the molecule is Cc1cccc(C=O)c1OC(=O)N(C)C. The van der Waals surface area contributed by atoms with Crippen molar-refractivity contribution in [1.82, 2.24) is 4.90 Å². The van der Waals surface area contributed by atoms with Crippen LogP contribution in [0.2, 0.25) is 0 Å². The summed E-state index contributed by atoms with van der Waals surface area (Å²) in [5.74, 6) is 0.325. The number of hydrogen-bond acceptors (Lipinski definition) is 3. The molecule has 0 N–H and O–H groups in total. The van der Waals surface area contributed by atoms with E-state index in [1.165, 1.54) is 4.90 Å². The van der Waals surface area contributed by atoms with E-state index in [2.05, 4.69) is 0 Å². The van der Waals surface area contributed by atoms with Crippen molar-refractivity contribution in [3.05, 3.63) is 29.3 Å². The number of amides is 1. The molecular weight excluding hydrogens is 194 g/mol. The monoisotopic (exact) mass is 207 g/mol. The minimum atomic E-state index is -0.493. The number of aldehydes is 1. The zero-order valence-electron chi connectivity index (χ0n) is 8.98. The van der Waals surface area contributed by atoms with Gasteiger partial charge in [0.25, 0.3) is 0 Å². The van der Waals surface area contributed by atoms with Gasteiger partial charge in [0.2, 0.25) is 0 Å². The van der Waals surface area contributed by atoms with Crippen LogP contribution in [0.3, 0.4) is 0 Å². The number of nitrogens with zero attached hydrogens (tertiary/aromatic N) is 1.